The lowest BCUT2D eigenvalue weighted by Gasteiger charge is -2.16. The second-order valence-electron chi connectivity index (χ2n) is 6.25. The number of aliphatic hydroxyl groups excluding tert-OH is 1. The summed E-state index contributed by atoms with van der Waals surface area (Å²) in [6.45, 7) is 2.71. The Kier molecular flexibility index (Phi) is 6.00. The molecule has 2 N–H and O–H groups in total. The van der Waals surface area contributed by atoms with E-state index < -0.39 is 6.10 Å². The maximum atomic E-state index is 10.7. The lowest BCUT2D eigenvalue weighted by atomic mass is 10.1. The van der Waals surface area contributed by atoms with Gasteiger partial charge in [0.25, 0.3) is 0 Å². The molecular weight excluding hydrogens is 324 g/mol. The summed E-state index contributed by atoms with van der Waals surface area (Å²) < 4.78 is 5.39. The van der Waals surface area contributed by atoms with Crippen LogP contribution in [-0.2, 0) is 6.54 Å². The number of nitrogens with one attached hydrogen (secondary N) is 1. The van der Waals surface area contributed by atoms with Crippen molar-refractivity contribution in [2.45, 2.75) is 25.6 Å². The molecule has 2 aromatic carbocycles. The van der Waals surface area contributed by atoms with Crippen molar-refractivity contribution in [3.05, 3.63) is 95.3 Å². The molecule has 0 aliphatic carbocycles. The molecule has 1 aromatic heterocycles. The lowest BCUT2D eigenvalue weighted by molar-refractivity contribution is 0.214. The highest BCUT2D eigenvalue weighted by Crippen LogP contribution is 2.24. The molecule has 0 radical (unpaired) electrons. The summed E-state index contributed by atoms with van der Waals surface area (Å²) in [5, 5.41) is 14.1. The van der Waals surface area contributed by atoms with E-state index in [4.69, 9.17) is 4.74 Å². The molecule has 0 amide bonds. The zero-order valence-corrected chi connectivity index (χ0v) is 15.1. The number of aliphatic hydroxyl groups is 1. The zero-order valence-electron chi connectivity index (χ0n) is 15.1. The number of benzene rings is 2. The molecule has 0 fully saturated rings. The zero-order chi connectivity index (χ0) is 18.4. The van der Waals surface area contributed by atoms with Crippen molar-refractivity contribution in [3.8, 4) is 5.75 Å². The number of hydrogen-bond acceptors (Lipinski definition) is 4. The number of aromatic nitrogens is 1. The van der Waals surface area contributed by atoms with Crippen molar-refractivity contribution in [2.75, 3.05) is 7.11 Å². The van der Waals surface area contributed by atoms with Crippen molar-refractivity contribution in [1.29, 1.82) is 0 Å². The third-order valence-corrected chi connectivity index (χ3v) is 4.39. The maximum Gasteiger partial charge on any atom is 0.122 e. The summed E-state index contributed by atoms with van der Waals surface area (Å²) >= 11 is 0. The molecule has 3 aromatic rings. The van der Waals surface area contributed by atoms with E-state index in [1.54, 1.807) is 13.2 Å². The first-order chi connectivity index (χ1) is 12.7. The quantitative estimate of drug-likeness (QED) is 0.677. The topological polar surface area (TPSA) is 54.4 Å². The van der Waals surface area contributed by atoms with Gasteiger partial charge in [-0.1, -0.05) is 60.7 Å². The summed E-state index contributed by atoms with van der Waals surface area (Å²) in [5.41, 5.74) is 3.45. The summed E-state index contributed by atoms with van der Waals surface area (Å²) in [5.74, 6) is 0.689. The van der Waals surface area contributed by atoms with E-state index in [-0.39, 0.29) is 6.04 Å². The van der Waals surface area contributed by atoms with E-state index in [1.807, 2.05) is 54.6 Å². The van der Waals surface area contributed by atoms with Crippen molar-refractivity contribution in [3.63, 3.8) is 0 Å². The van der Waals surface area contributed by atoms with Crippen molar-refractivity contribution < 1.29 is 9.84 Å². The van der Waals surface area contributed by atoms with Gasteiger partial charge in [-0.2, -0.15) is 0 Å². The SMILES string of the molecule is COc1cc(CN[C@H](C)c2ccccc2)nc([C@H](O)c2ccccc2)c1. The van der Waals surface area contributed by atoms with Gasteiger partial charge in [-0.3, -0.25) is 4.98 Å². The number of ether oxygens (including phenoxy) is 1. The smallest absolute Gasteiger partial charge is 0.122 e. The fourth-order valence-corrected chi connectivity index (χ4v) is 2.85. The molecule has 0 spiro atoms. The molecule has 0 unspecified atom stereocenters. The standard InChI is InChI=1S/C22H24N2O2/c1-16(17-9-5-3-6-10-17)23-15-19-13-20(26-2)14-21(24-19)22(25)18-11-7-4-8-12-18/h3-14,16,22-23,25H,15H2,1-2H3/t16-,22-/m1/s1. The second-order valence-corrected chi connectivity index (χ2v) is 6.25. The number of rotatable bonds is 7. The Bertz CT molecular complexity index is 822. The average molecular weight is 348 g/mol. The van der Waals surface area contributed by atoms with Crippen LogP contribution in [0.1, 0.15) is 41.6 Å². The highest BCUT2D eigenvalue weighted by molar-refractivity contribution is 5.33. The van der Waals surface area contributed by atoms with Crippen LogP contribution in [0.15, 0.2) is 72.8 Å². The van der Waals surface area contributed by atoms with Gasteiger partial charge in [0.1, 0.15) is 11.9 Å². The van der Waals surface area contributed by atoms with Crippen molar-refractivity contribution in [1.82, 2.24) is 10.3 Å². The summed E-state index contributed by atoms with van der Waals surface area (Å²) in [6, 6.07) is 23.7. The van der Waals surface area contributed by atoms with Crippen LogP contribution >= 0.6 is 0 Å². The Morgan fingerprint density at radius 1 is 0.962 bits per heavy atom. The maximum absolute atomic E-state index is 10.7. The first-order valence-electron chi connectivity index (χ1n) is 8.73. The fourth-order valence-electron chi connectivity index (χ4n) is 2.85. The number of methoxy groups -OCH3 is 1. The van der Waals surface area contributed by atoms with Gasteiger partial charge in [0.2, 0.25) is 0 Å². The first-order valence-corrected chi connectivity index (χ1v) is 8.73. The van der Waals surface area contributed by atoms with E-state index in [0.29, 0.717) is 18.0 Å². The second kappa shape index (κ2) is 8.61. The predicted molar refractivity (Wildman–Crippen MR) is 103 cm³/mol. The Morgan fingerprint density at radius 2 is 1.58 bits per heavy atom. The molecule has 0 bridgehead atoms. The minimum Gasteiger partial charge on any atom is -0.497 e. The van der Waals surface area contributed by atoms with Gasteiger partial charge in [-0.05, 0) is 18.1 Å². The monoisotopic (exact) mass is 348 g/mol. The Morgan fingerprint density at radius 3 is 2.19 bits per heavy atom. The van der Waals surface area contributed by atoms with Gasteiger partial charge in [0.15, 0.2) is 0 Å². The number of pyridine rings is 1. The molecule has 0 aliphatic rings. The van der Waals surface area contributed by atoms with Crippen molar-refractivity contribution in [2.24, 2.45) is 0 Å². The Labute approximate surface area is 154 Å². The van der Waals surface area contributed by atoms with E-state index in [9.17, 15) is 5.11 Å². The van der Waals surface area contributed by atoms with Gasteiger partial charge in [-0.25, -0.2) is 0 Å². The minimum atomic E-state index is -0.781. The summed E-state index contributed by atoms with van der Waals surface area (Å²) in [7, 11) is 1.62. The minimum absolute atomic E-state index is 0.201. The van der Waals surface area contributed by atoms with Gasteiger partial charge in [0, 0.05) is 24.7 Å². The average Bonchev–Trinajstić information content (AvgIpc) is 2.72. The van der Waals surface area contributed by atoms with Crippen LogP contribution in [-0.4, -0.2) is 17.2 Å². The Balaban J connectivity index is 1.77. The number of nitrogens with zero attached hydrogens (tertiary/aromatic N) is 1. The molecule has 26 heavy (non-hydrogen) atoms. The van der Waals surface area contributed by atoms with Crippen LogP contribution in [0, 0.1) is 0 Å². The van der Waals surface area contributed by atoms with Crippen LogP contribution in [0.4, 0.5) is 0 Å². The summed E-state index contributed by atoms with van der Waals surface area (Å²) in [6.07, 6.45) is -0.781. The molecule has 2 atom stereocenters. The van der Waals surface area contributed by atoms with Crippen molar-refractivity contribution >= 4 is 0 Å². The lowest BCUT2D eigenvalue weighted by Crippen LogP contribution is -2.19. The summed E-state index contributed by atoms with van der Waals surface area (Å²) in [4.78, 5) is 4.63. The molecule has 1 heterocycles. The molecule has 3 rings (SSSR count). The van der Waals surface area contributed by atoms with Gasteiger partial charge in [0.05, 0.1) is 18.5 Å². The third-order valence-electron chi connectivity index (χ3n) is 4.39. The fraction of sp³-hybridized carbons (Fsp3) is 0.227. The van der Waals surface area contributed by atoms with Gasteiger partial charge in [-0.15, -0.1) is 0 Å². The normalized spacial score (nSPS) is 13.2. The van der Waals surface area contributed by atoms with Crippen LogP contribution in [0.5, 0.6) is 5.75 Å². The molecular formula is C22H24N2O2. The predicted octanol–water partition coefficient (Wildman–Crippen LogP) is 4.02. The van der Waals surface area contributed by atoms with Gasteiger partial charge < -0.3 is 15.2 Å². The van der Waals surface area contributed by atoms with Crippen LogP contribution in [0.2, 0.25) is 0 Å². The van der Waals surface area contributed by atoms with Gasteiger partial charge >= 0.3 is 0 Å². The molecule has 0 aliphatic heterocycles. The molecule has 134 valence electrons. The number of hydrogen-bond donors (Lipinski definition) is 2. The Hall–Kier alpha value is -2.69. The molecule has 0 saturated heterocycles. The largest absolute Gasteiger partial charge is 0.497 e. The first kappa shape index (κ1) is 18.1. The van der Waals surface area contributed by atoms with E-state index in [2.05, 4.69) is 29.4 Å². The van der Waals surface area contributed by atoms with Crippen LogP contribution in [0.3, 0.4) is 0 Å². The highest BCUT2D eigenvalue weighted by Gasteiger charge is 2.15. The molecule has 0 saturated carbocycles. The van der Waals surface area contributed by atoms with Crippen LogP contribution in [0.25, 0.3) is 0 Å². The molecule has 4 heteroatoms. The molecule has 4 nitrogen and oxygen atoms in total. The van der Waals surface area contributed by atoms with E-state index in [1.165, 1.54) is 5.56 Å². The van der Waals surface area contributed by atoms with E-state index >= 15 is 0 Å². The van der Waals surface area contributed by atoms with Crippen LogP contribution < -0.4 is 10.1 Å². The highest BCUT2D eigenvalue weighted by atomic mass is 16.5. The van der Waals surface area contributed by atoms with E-state index in [0.717, 1.165) is 11.3 Å². The third kappa shape index (κ3) is 4.48.